The summed E-state index contributed by atoms with van der Waals surface area (Å²) in [6.45, 7) is 0. The standard InChI is InChI=1S/C26H19Cl3N6S/c1-34-15-30-13-23(34)26(29,17-5-8-19(27)9-6-17)18-7-10-22-21(12-18)25(16-3-2-4-20(28)11-16)36-14-24-31-32-33-35(22)24/h2-13,15,25H,14H2,1H3. The van der Waals surface area contributed by atoms with Crippen molar-refractivity contribution in [1.29, 1.82) is 0 Å². The number of halogens is 3. The van der Waals surface area contributed by atoms with E-state index in [0.717, 1.165) is 39.5 Å². The van der Waals surface area contributed by atoms with E-state index in [1.165, 1.54) is 0 Å². The fraction of sp³-hybridized carbons (Fsp3) is 0.154. The Kier molecular flexibility index (Phi) is 6.04. The van der Waals surface area contributed by atoms with Gasteiger partial charge in [-0.3, -0.25) is 0 Å². The van der Waals surface area contributed by atoms with Crippen LogP contribution in [0.3, 0.4) is 0 Å². The molecule has 3 aromatic carbocycles. The molecule has 1 aliphatic rings. The molecule has 0 saturated carbocycles. The topological polar surface area (TPSA) is 61.4 Å². The van der Waals surface area contributed by atoms with E-state index in [4.69, 9.17) is 34.8 Å². The number of hydrogen-bond acceptors (Lipinski definition) is 5. The molecule has 3 heterocycles. The highest BCUT2D eigenvalue weighted by molar-refractivity contribution is 7.99. The minimum Gasteiger partial charge on any atom is -0.336 e. The van der Waals surface area contributed by atoms with Crippen molar-refractivity contribution in [3.63, 3.8) is 0 Å². The molecule has 0 N–H and O–H groups in total. The third-order valence-corrected chi connectivity index (χ3v) is 8.81. The molecular weight excluding hydrogens is 535 g/mol. The second-order valence-electron chi connectivity index (χ2n) is 8.58. The van der Waals surface area contributed by atoms with E-state index >= 15 is 0 Å². The first-order valence-electron chi connectivity index (χ1n) is 11.2. The van der Waals surface area contributed by atoms with Crippen LogP contribution in [0.2, 0.25) is 10.0 Å². The van der Waals surface area contributed by atoms with Crippen molar-refractivity contribution in [2.45, 2.75) is 15.9 Å². The van der Waals surface area contributed by atoms with E-state index in [-0.39, 0.29) is 5.25 Å². The third kappa shape index (κ3) is 3.91. The molecule has 6 rings (SSSR count). The number of aromatic nitrogens is 6. The zero-order valence-electron chi connectivity index (χ0n) is 19.0. The molecule has 2 aromatic heterocycles. The molecule has 2 unspecified atom stereocenters. The van der Waals surface area contributed by atoms with Crippen LogP contribution >= 0.6 is 46.6 Å². The zero-order valence-corrected chi connectivity index (χ0v) is 22.1. The Balaban J connectivity index is 1.60. The molecule has 0 bridgehead atoms. The van der Waals surface area contributed by atoms with Crippen molar-refractivity contribution in [1.82, 2.24) is 29.8 Å². The second kappa shape index (κ2) is 9.23. The van der Waals surface area contributed by atoms with Crippen molar-refractivity contribution in [2.24, 2.45) is 7.05 Å². The van der Waals surface area contributed by atoms with Gasteiger partial charge in [0.05, 0.1) is 34.9 Å². The number of rotatable bonds is 4. The fourth-order valence-corrected chi connectivity index (χ4v) is 6.63. The van der Waals surface area contributed by atoms with Gasteiger partial charge in [0.2, 0.25) is 0 Å². The predicted octanol–water partition coefficient (Wildman–Crippen LogP) is 6.57. The number of alkyl halides is 1. The summed E-state index contributed by atoms with van der Waals surface area (Å²) < 4.78 is 3.74. The molecule has 0 spiro atoms. The first kappa shape index (κ1) is 23.6. The average Bonchev–Trinajstić information content (AvgIpc) is 3.50. The molecule has 0 radical (unpaired) electrons. The van der Waals surface area contributed by atoms with Crippen LogP contribution in [0.5, 0.6) is 0 Å². The first-order chi connectivity index (χ1) is 17.4. The van der Waals surface area contributed by atoms with Gasteiger partial charge in [0, 0.05) is 17.1 Å². The lowest BCUT2D eigenvalue weighted by Gasteiger charge is -2.30. The van der Waals surface area contributed by atoms with Gasteiger partial charge in [-0.2, -0.15) is 4.68 Å². The van der Waals surface area contributed by atoms with Crippen molar-refractivity contribution in [3.05, 3.63) is 123 Å². The van der Waals surface area contributed by atoms with Gasteiger partial charge in [0.1, 0.15) is 4.87 Å². The van der Waals surface area contributed by atoms with Gasteiger partial charge in [0.15, 0.2) is 5.82 Å². The maximum absolute atomic E-state index is 7.62. The number of tetrazole rings is 1. The minimum atomic E-state index is -1.01. The van der Waals surface area contributed by atoms with Gasteiger partial charge < -0.3 is 4.57 Å². The minimum absolute atomic E-state index is 0.0141. The number of hydrogen-bond donors (Lipinski definition) is 0. The van der Waals surface area contributed by atoms with Crippen molar-refractivity contribution in [3.8, 4) is 5.69 Å². The highest BCUT2D eigenvalue weighted by Crippen LogP contribution is 2.48. The van der Waals surface area contributed by atoms with Crippen LogP contribution in [-0.4, -0.2) is 29.8 Å². The van der Waals surface area contributed by atoms with Crippen LogP contribution in [-0.2, 0) is 17.7 Å². The van der Waals surface area contributed by atoms with Gasteiger partial charge in [-0.05, 0) is 69.1 Å². The summed E-state index contributed by atoms with van der Waals surface area (Å²) in [6.07, 6.45) is 3.56. The number of fused-ring (bicyclic) bond motifs is 3. The molecule has 0 saturated heterocycles. The lowest BCUT2D eigenvalue weighted by atomic mass is 9.85. The van der Waals surface area contributed by atoms with E-state index in [1.807, 2.05) is 66.2 Å². The zero-order chi connectivity index (χ0) is 24.9. The van der Waals surface area contributed by atoms with Gasteiger partial charge in [-0.1, -0.05) is 53.5 Å². The monoisotopic (exact) mass is 552 g/mol. The van der Waals surface area contributed by atoms with E-state index < -0.39 is 4.87 Å². The van der Waals surface area contributed by atoms with Crippen LogP contribution in [0.4, 0.5) is 0 Å². The van der Waals surface area contributed by atoms with E-state index in [1.54, 1.807) is 29.0 Å². The summed E-state index contributed by atoms with van der Waals surface area (Å²) in [4.78, 5) is 3.35. The Labute approximate surface area is 227 Å². The highest BCUT2D eigenvalue weighted by Gasteiger charge is 2.38. The van der Waals surface area contributed by atoms with Crippen LogP contribution in [0, 0.1) is 0 Å². The Morgan fingerprint density at radius 2 is 1.78 bits per heavy atom. The first-order valence-corrected chi connectivity index (χ1v) is 13.3. The molecule has 36 heavy (non-hydrogen) atoms. The molecule has 1 aliphatic heterocycles. The lowest BCUT2D eigenvalue weighted by Crippen LogP contribution is -2.25. The van der Waals surface area contributed by atoms with Crippen LogP contribution < -0.4 is 0 Å². The molecule has 180 valence electrons. The Morgan fingerprint density at radius 1 is 0.972 bits per heavy atom. The summed E-state index contributed by atoms with van der Waals surface area (Å²) >= 11 is 22.0. The maximum atomic E-state index is 7.62. The summed E-state index contributed by atoms with van der Waals surface area (Å²) in [5.41, 5.74) is 5.69. The highest BCUT2D eigenvalue weighted by atomic mass is 35.5. The van der Waals surface area contributed by atoms with Gasteiger partial charge in [0.25, 0.3) is 0 Å². The molecule has 2 atom stereocenters. The number of nitrogens with zero attached hydrogens (tertiary/aromatic N) is 6. The normalized spacial score (nSPS) is 16.6. The van der Waals surface area contributed by atoms with Crippen LogP contribution in [0.15, 0.2) is 79.3 Å². The van der Waals surface area contributed by atoms with Crippen LogP contribution in [0.25, 0.3) is 5.69 Å². The largest absolute Gasteiger partial charge is 0.336 e. The quantitative estimate of drug-likeness (QED) is 0.236. The number of imidazole rings is 1. The molecule has 5 aromatic rings. The summed E-state index contributed by atoms with van der Waals surface area (Å²) in [5.74, 6) is 1.44. The Bertz CT molecular complexity index is 1560. The van der Waals surface area contributed by atoms with E-state index in [0.29, 0.717) is 15.8 Å². The maximum Gasteiger partial charge on any atom is 0.166 e. The van der Waals surface area contributed by atoms with Crippen molar-refractivity contribution < 1.29 is 0 Å². The third-order valence-electron chi connectivity index (χ3n) is 6.41. The van der Waals surface area contributed by atoms with Crippen molar-refractivity contribution in [2.75, 3.05) is 0 Å². The lowest BCUT2D eigenvalue weighted by molar-refractivity contribution is 0.741. The smallest absolute Gasteiger partial charge is 0.166 e. The number of benzene rings is 3. The fourth-order valence-electron chi connectivity index (χ4n) is 4.68. The van der Waals surface area contributed by atoms with Crippen molar-refractivity contribution >= 4 is 46.6 Å². The summed E-state index contributed by atoms with van der Waals surface area (Å²) in [7, 11) is 1.94. The number of thioether (sulfide) groups is 1. The molecule has 0 amide bonds. The molecule has 6 nitrogen and oxygen atoms in total. The number of aryl methyl sites for hydroxylation is 1. The average molecular weight is 554 g/mol. The van der Waals surface area contributed by atoms with Gasteiger partial charge in [-0.15, -0.1) is 28.5 Å². The molecule has 0 aliphatic carbocycles. The second-order valence-corrected chi connectivity index (χ2v) is 11.1. The van der Waals surface area contributed by atoms with Gasteiger partial charge >= 0.3 is 0 Å². The molecule has 0 fully saturated rings. The molecular formula is C26H19Cl3N6S. The Hall–Kier alpha value is -2.84. The Morgan fingerprint density at radius 3 is 2.53 bits per heavy atom. The van der Waals surface area contributed by atoms with Crippen LogP contribution in [0.1, 0.15) is 39.0 Å². The summed E-state index contributed by atoms with van der Waals surface area (Å²) in [5, 5.41) is 13.8. The predicted molar refractivity (Wildman–Crippen MR) is 144 cm³/mol. The molecule has 10 heteroatoms. The van der Waals surface area contributed by atoms with Gasteiger partial charge in [-0.25, -0.2) is 4.98 Å². The van der Waals surface area contributed by atoms with E-state index in [9.17, 15) is 0 Å². The SMILES string of the molecule is Cn1cncc1C(Cl)(c1ccc(Cl)cc1)c1ccc2c(c1)C(c1cccc(Cl)c1)SCc1nnnn1-2. The van der Waals surface area contributed by atoms with E-state index in [2.05, 4.69) is 32.6 Å². The summed E-state index contributed by atoms with van der Waals surface area (Å²) in [6, 6.07) is 21.8.